The van der Waals surface area contributed by atoms with E-state index in [0.29, 0.717) is 11.9 Å². The second kappa shape index (κ2) is 13.7. The fraction of sp³-hybridized carbons (Fsp3) is 0. The van der Waals surface area contributed by atoms with Gasteiger partial charge in [-0.25, -0.2) is 19.9 Å². The molecule has 0 radical (unpaired) electrons. The summed E-state index contributed by atoms with van der Waals surface area (Å²) in [5.41, 5.74) is 11.7. The average molecular weight is 767 g/mol. The van der Waals surface area contributed by atoms with Crippen molar-refractivity contribution >= 4 is 54.4 Å². The van der Waals surface area contributed by atoms with Crippen LogP contribution in [0.15, 0.2) is 206 Å². The van der Waals surface area contributed by atoms with Crippen LogP contribution in [0.2, 0.25) is 0 Å². The van der Waals surface area contributed by atoms with Crippen molar-refractivity contribution in [3.05, 3.63) is 206 Å². The van der Waals surface area contributed by atoms with Crippen LogP contribution in [-0.2, 0) is 0 Å². The molecule has 0 amide bonds. The van der Waals surface area contributed by atoms with Gasteiger partial charge in [0.15, 0.2) is 0 Å². The Morgan fingerprint density at radius 3 is 1.10 bits per heavy atom. The van der Waals surface area contributed by atoms with Crippen LogP contribution in [0.3, 0.4) is 0 Å². The van der Waals surface area contributed by atoms with Crippen molar-refractivity contribution in [2.45, 2.75) is 0 Å². The summed E-state index contributed by atoms with van der Waals surface area (Å²) < 4.78 is 4.49. The SMILES string of the molecule is c1ccc(-c2cc(-c3ccccc3)nc(-n3c4ccccc4c4c5c6c7ccccc7ccc6n(-c6nc(-c7ccccc7)cc(-c7ccccc7)n6)c5ccc43)n2)cc1. The predicted octanol–water partition coefficient (Wildman–Crippen LogP) is 13.3. The van der Waals surface area contributed by atoms with Crippen molar-refractivity contribution in [1.29, 1.82) is 0 Å². The molecule has 0 bridgehead atoms. The standard InChI is InChI=1S/C54H34N6/c1-5-18-36(19-6-1)42-33-43(37-20-7-2-8-21-37)56-53(55-42)59-46-28-16-15-27-41(46)51-48(59)31-32-49-52(51)50-40-26-14-13-17-35(40)29-30-47(50)60(49)54-57-44(38-22-9-3-10-23-38)34-45(58-54)39-24-11-4-12-25-39/h1-34H. The summed E-state index contributed by atoms with van der Waals surface area (Å²) in [6, 6.07) is 71.8. The molecule has 8 aromatic carbocycles. The third-order valence-electron chi connectivity index (χ3n) is 11.6. The molecule has 4 aromatic heterocycles. The average Bonchev–Trinajstić information content (AvgIpc) is 3.86. The minimum Gasteiger partial charge on any atom is -0.278 e. The largest absolute Gasteiger partial charge is 0.278 e. The first kappa shape index (κ1) is 33.9. The van der Waals surface area contributed by atoms with Crippen LogP contribution in [-0.4, -0.2) is 29.1 Å². The van der Waals surface area contributed by atoms with Crippen molar-refractivity contribution in [3.63, 3.8) is 0 Å². The molecular weight excluding hydrogens is 733 g/mol. The van der Waals surface area contributed by atoms with E-state index in [1.54, 1.807) is 0 Å². The first-order chi connectivity index (χ1) is 29.8. The van der Waals surface area contributed by atoms with Gasteiger partial charge in [0.2, 0.25) is 11.9 Å². The summed E-state index contributed by atoms with van der Waals surface area (Å²) in [7, 11) is 0. The number of benzene rings is 8. The van der Waals surface area contributed by atoms with E-state index in [-0.39, 0.29) is 0 Å². The molecule has 0 aliphatic heterocycles. The van der Waals surface area contributed by atoms with Gasteiger partial charge < -0.3 is 0 Å². The lowest BCUT2D eigenvalue weighted by molar-refractivity contribution is 0.992. The highest BCUT2D eigenvalue weighted by molar-refractivity contribution is 6.33. The Balaban J connectivity index is 1.21. The van der Waals surface area contributed by atoms with E-state index in [4.69, 9.17) is 19.9 Å². The van der Waals surface area contributed by atoms with Crippen molar-refractivity contribution in [1.82, 2.24) is 29.1 Å². The Morgan fingerprint density at radius 2 is 0.617 bits per heavy atom. The second-order valence-corrected chi connectivity index (χ2v) is 15.1. The predicted molar refractivity (Wildman–Crippen MR) is 246 cm³/mol. The summed E-state index contributed by atoms with van der Waals surface area (Å²) in [6.07, 6.45) is 0. The van der Waals surface area contributed by atoms with Gasteiger partial charge in [-0.15, -0.1) is 0 Å². The number of hydrogen-bond acceptors (Lipinski definition) is 4. The number of aromatic nitrogens is 6. The maximum Gasteiger partial charge on any atom is 0.235 e. The van der Waals surface area contributed by atoms with Gasteiger partial charge in [0, 0.05) is 43.8 Å². The number of para-hydroxylation sites is 1. The maximum atomic E-state index is 5.35. The second-order valence-electron chi connectivity index (χ2n) is 15.1. The van der Waals surface area contributed by atoms with Gasteiger partial charge in [-0.1, -0.05) is 170 Å². The number of hydrogen-bond donors (Lipinski definition) is 0. The monoisotopic (exact) mass is 766 g/mol. The summed E-state index contributed by atoms with van der Waals surface area (Å²) in [5, 5.41) is 6.85. The molecule has 0 saturated carbocycles. The van der Waals surface area contributed by atoms with Gasteiger partial charge in [-0.3, -0.25) is 9.13 Å². The molecule has 6 heteroatoms. The van der Waals surface area contributed by atoms with Gasteiger partial charge >= 0.3 is 0 Å². The van der Waals surface area contributed by atoms with Gasteiger partial charge in [0.25, 0.3) is 0 Å². The topological polar surface area (TPSA) is 61.4 Å². The van der Waals surface area contributed by atoms with E-state index in [9.17, 15) is 0 Å². The van der Waals surface area contributed by atoms with Gasteiger partial charge in [-0.2, -0.15) is 0 Å². The van der Waals surface area contributed by atoms with E-state index < -0.39 is 0 Å². The Labute approximate surface area is 345 Å². The van der Waals surface area contributed by atoms with E-state index in [1.165, 1.54) is 10.8 Å². The number of rotatable bonds is 6. The summed E-state index contributed by atoms with van der Waals surface area (Å²) in [5.74, 6) is 1.22. The van der Waals surface area contributed by atoms with E-state index >= 15 is 0 Å². The molecule has 0 spiro atoms. The zero-order valence-corrected chi connectivity index (χ0v) is 32.3. The summed E-state index contributed by atoms with van der Waals surface area (Å²) in [4.78, 5) is 21.3. The van der Waals surface area contributed by atoms with Crippen LogP contribution in [0.1, 0.15) is 0 Å². The zero-order chi connectivity index (χ0) is 39.6. The van der Waals surface area contributed by atoms with Gasteiger partial charge in [-0.05, 0) is 47.2 Å². The highest BCUT2D eigenvalue weighted by atomic mass is 15.2. The van der Waals surface area contributed by atoms with Crippen molar-refractivity contribution in [2.24, 2.45) is 0 Å². The molecule has 4 heterocycles. The van der Waals surface area contributed by atoms with E-state index in [1.807, 2.05) is 24.3 Å². The lowest BCUT2D eigenvalue weighted by Gasteiger charge is -2.12. The molecule has 6 nitrogen and oxygen atoms in total. The fourth-order valence-electron chi connectivity index (χ4n) is 8.85. The first-order valence-electron chi connectivity index (χ1n) is 20.2. The van der Waals surface area contributed by atoms with Crippen LogP contribution in [0.5, 0.6) is 0 Å². The molecule has 0 aliphatic rings. The Bertz CT molecular complexity index is 3460. The molecule has 0 saturated heterocycles. The molecule has 0 fully saturated rings. The number of nitrogens with zero attached hydrogens (tertiary/aromatic N) is 6. The Kier molecular flexibility index (Phi) is 7.74. The van der Waals surface area contributed by atoms with Crippen LogP contribution in [0, 0.1) is 0 Å². The normalized spacial score (nSPS) is 11.7. The van der Waals surface area contributed by atoms with Crippen molar-refractivity contribution in [2.75, 3.05) is 0 Å². The molecule has 0 N–H and O–H groups in total. The third kappa shape index (κ3) is 5.42. The first-order valence-corrected chi connectivity index (χ1v) is 20.2. The van der Waals surface area contributed by atoms with Crippen molar-refractivity contribution < 1.29 is 0 Å². The smallest absolute Gasteiger partial charge is 0.235 e. The molecule has 0 aliphatic carbocycles. The molecule has 12 rings (SSSR count). The quantitative estimate of drug-likeness (QED) is 0.169. The van der Waals surface area contributed by atoms with Gasteiger partial charge in [0.1, 0.15) is 0 Å². The van der Waals surface area contributed by atoms with Crippen LogP contribution in [0.25, 0.3) is 111 Å². The molecule has 0 unspecified atom stereocenters. The zero-order valence-electron chi connectivity index (χ0n) is 32.3. The molecule has 0 atom stereocenters. The third-order valence-corrected chi connectivity index (χ3v) is 11.6. The molecular formula is C54H34N6. The maximum absolute atomic E-state index is 5.35. The summed E-state index contributed by atoms with van der Waals surface area (Å²) in [6.45, 7) is 0. The molecule has 280 valence electrons. The van der Waals surface area contributed by atoms with Crippen LogP contribution in [0.4, 0.5) is 0 Å². The highest BCUT2D eigenvalue weighted by Gasteiger charge is 2.24. The van der Waals surface area contributed by atoms with Crippen LogP contribution >= 0.6 is 0 Å². The lowest BCUT2D eigenvalue weighted by atomic mass is 10.0. The fourth-order valence-corrected chi connectivity index (χ4v) is 8.85. The van der Waals surface area contributed by atoms with E-state index in [2.05, 4.69) is 191 Å². The van der Waals surface area contributed by atoms with E-state index in [0.717, 1.165) is 88.6 Å². The Morgan fingerprint density at radius 1 is 0.267 bits per heavy atom. The van der Waals surface area contributed by atoms with Crippen molar-refractivity contribution in [3.8, 4) is 56.9 Å². The minimum absolute atomic E-state index is 0.611. The highest BCUT2D eigenvalue weighted by Crippen LogP contribution is 2.44. The lowest BCUT2D eigenvalue weighted by Crippen LogP contribution is -2.04. The summed E-state index contributed by atoms with van der Waals surface area (Å²) >= 11 is 0. The minimum atomic E-state index is 0.611. The molecule has 12 aromatic rings. The van der Waals surface area contributed by atoms with Gasteiger partial charge in [0.05, 0.1) is 44.8 Å². The Hall–Kier alpha value is -8.22. The number of fused-ring (bicyclic) bond motifs is 9. The van der Waals surface area contributed by atoms with Crippen LogP contribution < -0.4 is 0 Å². The molecule has 60 heavy (non-hydrogen) atoms.